The zero-order chi connectivity index (χ0) is 25.1. The minimum absolute atomic E-state index is 0.0231. The molecular formula is C23H20F6N4O. The number of hydrogen-bond donors (Lipinski definition) is 1. The van der Waals surface area contributed by atoms with E-state index in [1.165, 1.54) is 19.2 Å². The summed E-state index contributed by atoms with van der Waals surface area (Å²) in [5, 5.41) is 3.06. The third-order valence-corrected chi connectivity index (χ3v) is 4.96. The highest BCUT2D eigenvalue weighted by atomic mass is 19.4. The zero-order valence-corrected chi connectivity index (χ0v) is 18.1. The second-order valence-corrected chi connectivity index (χ2v) is 7.36. The average molecular weight is 482 g/mol. The Morgan fingerprint density at radius 2 is 1.56 bits per heavy atom. The van der Waals surface area contributed by atoms with Crippen molar-refractivity contribution >= 4 is 17.7 Å². The molecule has 0 spiro atoms. The third-order valence-electron chi connectivity index (χ3n) is 4.96. The maximum Gasteiger partial charge on any atom is 0.416 e. The molecule has 1 N–H and O–H groups in total. The van der Waals surface area contributed by atoms with Crippen molar-refractivity contribution in [2.75, 3.05) is 16.8 Å². The number of nitrogens with zero attached hydrogens (tertiary/aromatic N) is 3. The van der Waals surface area contributed by atoms with E-state index in [4.69, 9.17) is 0 Å². The Hall–Kier alpha value is -3.63. The third kappa shape index (κ3) is 5.83. The molecule has 0 saturated heterocycles. The highest BCUT2D eigenvalue weighted by Crippen LogP contribution is 2.36. The first-order chi connectivity index (χ1) is 15.9. The molecule has 11 heteroatoms. The Labute approximate surface area is 191 Å². The van der Waals surface area contributed by atoms with Crippen LogP contribution in [0, 0.1) is 0 Å². The van der Waals surface area contributed by atoms with Crippen LogP contribution in [0.15, 0.2) is 60.8 Å². The highest BCUT2D eigenvalue weighted by molar-refractivity contribution is 6.05. The number of alkyl halides is 6. The van der Waals surface area contributed by atoms with E-state index < -0.39 is 35.0 Å². The molecule has 0 saturated carbocycles. The lowest BCUT2D eigenvalue weighted by molar-refractivity contribution is -0.143. The lowest BCUT2D eigenvalue weighted by atomic mass is 10.0. The molecule has 180 valence electrons. The molecule has 0 radical (unpaired) electrons. The van der Waals surface area contributed by atoms with Gasteiger partial charge < -0.3 is 5.32 Å². The second-order valence-electron chi connectivity index (χ2n) is 7.36. The standard InChI is InChI=1S/C23H20F6N4O/c1-3-33(19-9-10-30-21(32-19)31-14(2)15-7-5-4-6-8-15)20(34)16-11-17(22(24,25)26)13-18(12-16)23(27,28)29/h4-14H,3H2,1-2H3,(H,30,31,32)/t14-/m0/s1. The summed E-state index contributed by atoms with van der Waals surface area (Å²) in [6, 6.07) is 11.2. The summed E-state index contributed by atoms with van der Waals surface area (Å²) >= 11 is 0. The van der Waals surface area contributed by atoms with Crippen LogP contribution in [0.4, 0.5) is 38.1 Å². The first-order valence-corrected chi connectivity index (χ1v) is 10.2. The van der Waals surface area contributed by atoms with Crippen LogP contribution in [0.2, 0.25) is 0 Å². The Morgan fingerprint density at radius 1 is 0.971 bits per heavy atom. The molecule has 0 fully saturated rings. The topological polar surface area (TPSA) is 58.1 Å². The summed E-state index contributed by atoms with van der Waals surface area (Å²) < 4.78 is 79.2. The summed E-state index contributed by atoms with van der Waals surface area (Å²) in [7, 11) is 0. The van der Waals surface area contributed by atoms with Gasteiger partial charge in [0.1, 0.15) is 5.82 Å². The number of hydrogen-bond acceptors (Lipinski definition) is 4. The van der Waals surface area contributed by atoms with Crippen molar-refractivity contribution in [3.8, 4) is 0 Å². The number of anilines is 2. The van der Waals surface area contributed by atoms with Crippen LogP contribution in [0.3, 0.4) is 0 Å². The maximum atomic E-state index is 13.2. The zero-order valence-electron chi connectivity index (χ0n) is 18.1. The lowest BCUT2D eigenvalue weighted by Gasteiger charge is -2.22. The molecule has 1 aromatic heterocycles. The summed E-state index contributed by atoms with van der Waals surface area (Å²) in [6.07, 6.45) is -8.79. The second kappa shape index (κ2) is 9.70. The molecule has 34 heavy (non-hydrogen) atoms. The summed E-state index contributed by atoms with van der Waals surface area (Å²) in [4.78, 5) is 22.3. The van der Waals surface area contributed by atoms with Gasteiger partial charge in [-0.3, -0.25) is 9.69 Å². The molecule has 1 amide bonds. The number of carbonyl (C=O) groups is 1. The number of halogens is 6. The quantitative estimate of drug-likeness (QED) is 0.416. The molecule has 0 aliphatic carbocycles. The summed E-state index contributed by atoms with van der Waals surface area (Å²) in [5.74, 6) is -0.892. The van der Waals surface area contributed by atoms with Gasteiger partial charge in [-0.15, -0.1) is 0 Å². The fourth-order valence-electron chi connectivity index (χ4n) is 3.23. The smallest absolute Gasteiger partial charge is 0.348 e. The molecule has 2 aromatic carbocycles. The van der Waals surface area contributed by atoms with E-state index in [0.29, 0.717) is 12.1 Å². The van der Waals surface area contributed by atoms with Gasteiger partial charge in [-0.25, -0.2) is 4.98 Å². The van der Waals surface area contributed by atoms with Gasteiger partial charge in [0.2, 0.25) is 5.95 Å². The first kappa shape index (κ1) is 25.0. The van der Waals surface area contributed by atoms with Crippen molar-refractivity contribution in [1.29, 1.82) is 0 Å². The molecule has 5 nitrogen and oxygen atoms in total. The Kier molecular flexibility index (Phi) is 7.13. The van der Waals surface area contributed by atoms with Gasteiger partial charge in [0.05, 0.1) is 17.2 Å². The van der Waals surface area contributed by atoms with Crippen molar-refractivity contribution < 1.29 is 31.1 Å². The predicted octanol–water partition coefficient (Wildman–Crippen LogP) is 6.35. The number of amides is 1. The van der Waals surface area contributed by atoms with E-state index in [-0.39, 0.29) is 30.4 Å². The van der Waals surface area contributed by atoms with Crippen molar-refractivity contribution in [2.45, 2.75) is 32.2 Å². The molecular weight excluding hydrogens is 462 g/mol. The van der Waals surface area contributed by atoms with Gasteiger partial charge in [-0.2, -0.15) is 31.3 Å². The molecule has 1 atom stereocenters. The SMILES string of the molecule is CCN(C(=O)c1cc(C(F)(F)F)cc(C(F)(F)F)c1)c1ccnc(N[C@@H](C)c2ccccc2)n1. The average Bonchev–Trinajstić information content (AvgIpc) is 2.79. The Bertz CT molecular complexity index is 1120. The van der Waals surface area contributed by atoms with Crippen LogP contribution in [0.5, 0.6) is 0 Å². The maximum absolute atomic E-state index is 13.2. The van der Waals surface area contributed by atoms with E-state index in [0.717, 1.165) is 10.5 Å². The van der Waals surface area contributed by atoms with Crippen LogP contribution in [-0.4, -0.2) is 22.4 Å². The molecule has 3 rings (SSSR count). The van der Waals surface area contributed by atoms with Gasteiger partial charge in [-0.1, -0.05) is 30.3 Å². The largest absolute Gasteiger partial charge is 0.416 e. The fraction of sp³-hybridized carbons (Fsp3) is 0.261. The van der Waals surface area contributed by atoms with Crippen LogP contribution in [-0.2, 0) is 12.4 Å². The van der Waals surface area contributed by atoms with Crippen LogP contribution in [0.25, 0.3) is 0 Å². The van der Waals surface area contributed by atoms with E-state index >= 15 is 0 Å². The van der Waals surface area contributed by atoms with Crippen molar-refractivity contribution in [1.82, 2.24) is 9.97 Å². The predicted molar refractivity (Wildman–Crippen MR) is 114 cm³/mol. The number of benzene rings is 2. The van der Waals surface area contributed by atoms with E-state index in [2.05, 4.69) is 15.3 Å². The molecule has 0 aliphatic rings. The minimum Gasteiger partial charge on any atom is -0.348 e. The van der Waals surface area contributed by atoms with Gasteiger partial charge >= 0.3 is 12.4 Å². The molecule has 1 heterocycles. The van der Waals surface area contributed by atoms with Gasteiger partial charge in [0.15, 0.2) is 0 Å². The van der Waals surface area contributed by atoms with Crippen molar-refractivity contribution in [3.05, 3.63) is 83.0 Å². The Balaban J connectivity index is 1.94. The van der Waals surface area contributed by atoms with E-state index in [1.54, 1.807) is 0 Å². The number of aromatic nitrogens is 2. The molecule has 3 aromatic rings. The molecule has 0 unspecified atom stereocenters. The Morgan fingerprint density at radius 3 is 2.09 bits per heavy atom. The lowest BCUT2D eigenvalue weighted by Crippen LogP contribution is -2.32. The van der Waals surface area contributed by atoms with E-state index in [1.807, 2.05) is 37.3 Å². The number of carbonyl (C=O) groups excluding carboxylic acids is 1. The molecule has 0 aliphatic heterocycles. The van der Waals surface area contributed by atoms with Crippen LogP contribution < -0.4 is 10.2 Å². The first-order valence-electron chi connectivity index (χ1n) is 10.2. The van der Waals surface area contributed by atoms with Gasteiger partial charge in [0.25, 0.3) is 5.91 Å². The van der Waals surface area contributed by atoms with Gasteiger partial charge in [-0.05, 0) is 43.7 Å². The molecule has 0 bridgehead atoms. The van der Waals surface area contributed by atoms with Crippen LogP contribution in [0.1, 0.15) is 46.9 Å². The van der Waals surface area contributed by atoms with Crippen molar-refractivity contribution in [3.63, 3.8) is 0 Å². The van der Waals surface area contributed by atoms with E-state index in [9.17, 15) is 31.1 Å². The van der Waals surface area contributed by atoms with Crippen LogP contribution >= 0.6 is 0 Å². The highest BCUT2D eigenvalue weighted by Gasteiger charge is 2.38. The monoisotopic (exact) mass is 482 g/mol. The van der Waals surface area contributed by atoms with Crippen molar-refractivity contribution in [2.24, 2.45) is 0 Å². The minimum atomic E-state index is -5.06. The number of rotatable bonds is 6. The summed E-state index contributed by atoms with van der Waals surface area (Å²) in [5.41, 5.74) is -2.95. The van der Waals surface area contributed by atoms with Gasteiger partial charge in [0, 0.05) is 18.3 Å². The normalized spacial score (nSPS) is 12.8. The number of nitrogens with one attached hydrogen (secondary N) is 1. The fourth-order valence-corrected chi connectivity index (χ4v) is 3.23. The summed E-state index contributed by atoms with van der Waals surface area (Å²) in [6.45, 7) is 3.33.